The first-order chi connectivity index (χ1) is 2.00. The van der Waals surface area contributed by atoms with Crippen LogP contribution in [0.1, 0.15) is 13.8 Å². The highest BCUT2D eigenvalue weighted by Gasteiger charge is 1.98. The standard InChI is InChI=1S/C3H9NO.ClH/c1-3(2,4)5;/h5H,4H2,1-2H3;1H. The van der Waals surface area contributed by atoms with Gasteiger partial charge in [0.05, 0.1) is 0 Å². The van der Waals surface area contributed by atoms with Gasteiger partial charge in [0.1, 0.15) is 5.72 Å². The normalized spacial score (nSPS) is 10.0. The van der Waals surface area contributed by atoms with E-state index in [1.807, 2.05) is 0 Å². The molecule has 0 fully saturated rings. The lowest BCUT2D eigenvalue weighted by molar-refractivity contribution is 0.0881. The molecular formula is C3H10ClNO. The lowest BCUT2D eigenvalue weighted by Crippen LogP contribution is -2.30. The third-order valence-corrected chi connectivity index (χ3v) is 0. The molecule has 0 radical (unpaired) electrons. The van der Waals surface area contributed by atoms with Crippen molar-refractivity contribution in [1.29, 1.82) is 0 Å². The minimum Gasteiger partial charge on any atom is -0.377 e. The van der Waals surface area contributed by atoms with Crippen molar-refractivity contribution in [3.63, 3.8) is 0 Å². The zero-order chi connectivity index (χ0) is 4.50. The van der Waals surface area contributed by atoms with Gasteiger partial charge in [-0.1, -0.05) is 0 Å². The van der Waals surface area contributed by atoms with Crippen LogP contribution >= 0.6 is 12.4 Å². The quantitative estimate of drug-likeness (QED) is 0.436. The molecule has 0 aliphatic carbocycles. The van der Waals surface area contributed by atoms with Gasteiger partial charge in [0.2, 0.25) is 0 Å². The first-order valence-electron chi connectivity index (χ1n) is 1.51. The summed E-state index contributed by atoms with van der Waals surface area (Å²) in [5.74, 6) is 0. The van der Waals surface area contributed by atoms with Gasteiger partial charge in [-0.3, -0.25) is 0 Å². The van der Waals surface area contributed by atoms with Crippen LogP contribution in [0.25, 0.3) is 0 Å². The molecule has 2 nitrogen and oxygen atoms in total. The average molecular weight is 112 g/mol. The molecular weight excluding hydrogens is 101 g/mol. The van der Waals surface area contributed by atoms with E-state index < -0.39 is 5.72 Å². The van der Waals surface area contributed by atoms with Crippen LogP contribution in [0.5, 0.6) is 0 Å². The molecule has 0 bridgehead atoms. The predicted molar refractivity (Wildman–Crippen MR) is 27.7 cm³/mol. The van der Waals surface area contributed by atoms with Crippen LogP contribution in [-0.2, 0) is 0 Å². The van der Waals surface area contributed by atoms with Crippen molar-refractivity contribution in [2.45, 2.75) is 19.6 Å². The van der Waals surface area contributed by atoms with E-state index in [0.29, 0.717) is 0 Å². The van der Waals surface area contributed by atoms with Crippen LogP contribution in [0, 0.1) is 0 Å². The fourth-order valence-corrected chi connectivity index (χ4v) is 0. The summed E-state index contributed by atoms with van der Waals surface area (Å²) < 4.78 is 0. The lowest BCUT2D eigenvalue weighted by Gasteiger charge is -2.05. The molecule has 0 saturated carbocycles. The number of rotatable bonds is 0. The summed E-state index contributed by atoms with van der Waals surface area (Å²) in [5.41, 5.74) is 3.91. The van der Waals surface area contributed by atoms with Gasteiger partial charge in [0.15, 0.2) is 0 Å². The monoisotopic (exact) mass is 111 g/mol. The molecule has 3 heteroatoms. The highest BCUT2D eigenvalue weighted by Crippen LogP contribution is 1.82. The Morgan fingerprint density at radius 3 is 1.50 bits per heavy atom. The number of halogens is 1. The van der Waals surface area contributed by atoms with Crippen molar-refractivity contribution in [3.8, 4) is 0 Å². The van der Waals surface area contributed by atoms with Crippen molar-refractivity contribution in [3.05, 3.63) is 0 Å². The number of nitrogens with two attached hydrogens (primary N) is 1. The summed E-state index contributed by atoms with van der Waals surface area (Å²) in [6.07, 6.45) is 0. The van der Waals surface area contributed by atoms with Gasteiger partial charge >= 0.3 is 0 Å². The Morgan fingerprint density at radius 2 is 1.50 bits per heavy atom. The largest absolute Gasteiger partial charge is 0.377 e. The van der Waals surface area contributed by atoms with E-state index in [1.165, 1.54) is 13.8 Å². The Balaban J connectivity index is 0. The second kappa shape index (κ2) is 2.39. The minimum atomic E-state index is -1.00. The van der Waals surface area contributed by atoms with Crippen molar-refractivity contribution >= 4 is 12.4 Å². The molecule has 0 saturated heterocycles. The average Bonchev–Trinajstić information content (AvgIpc) is 0.722. The molecule has 0 aliphatic heterocycles. The number of hydrogen-bond acceptors (Lipinski definition) is 2. The van der Waals surface area contributed by atoms with E-state index in [1.54, 1.807) is 0 Å². The zero-order valence-corrected chi connectivity index (χ0v) is 4.75. The van der Waals surface area contributed by atoms with Gasteiger partial charge in [-0.2, -0.15) is 0 Å². The van der Waals surface area contributed by atoms with Crippen molar-refractivity contribution in [2.24, 2.45) is 5.73 Å². The smallest absolute Gasteiger partial charge is 0.107 e. The first-order valence-corrected chi connectivity index (χ1v) is 1.51. The predicted octanol–water partition coefficient (Wildman–Crippen LogP) is 0.0953. The Bertz CT molecular complexity index is 26.3. The fraction of sp³-hybridized carbons (Fsp3) is 1.00. The lowest BCUT2D eigenvalue weighted by atomic mass is 10.4. The van der Waals surface area contributed by atoms with Crippen LogP contribution in [0.4, 0.5) is 0 Å². The Labute approximate surface area is 43.8 Å². The molecule has 0 aliphatic rings. The van der Waals surface area contributed by atoms with Crippen molar-refractivity contribution in [1.82, 2.24) is 0 Å². The first kappa shape index (κ1) is 9.51. The molecule has 0 aromatic heterocycles. The number of hydrogen-bond donors (Lipinski definition) is 2. The van der Waals surface area contributed by atoms with Crippen LogP contribution < -0.4 is 5.73 Å². The van der Waals surface area contributed by atoms with E-state index in [2.05, 4.69) is 0 Å². The summed E-state index contributed by atoms with van der Waals surface area (Å²) in [7, 11) is 0. The van der Waals surface area contributed by atoms with Crippen LogP contribution in [0.15, 0.2) is 0 Å². The second-order valence-electron chi connectivity index (χ2n) is 1.65. The molecule has 3 N–H and O–H groups in total. The number of aliphatic hydroxyl groups is 1. The van der Waals surface area contributed by atoms with Crippen LogP contribution in [0.3, 0.4) is 0 Å². The maximum absolute atomic E-state index is 8.30. The summed E-state index contributed by atoms with van der Waals surface area (Å²) in [4.78, 5) is 0. The molecule has 6 heavy (non-hydrogen) atoms. The summed E-state index contributed by atoms with van der Waals surface area (Å²) >= 11 is 0. The summed E-state index contributed by atoms with van der Waals surface area (Å²) in [5, 5.41) is 8.30. The topological polar surface area (TPSA) is 46.2 Å². The maximum Gasteiger partial charge on any atom is 0.107 e. The van der Waals surface area contributed by atoms with Crippen molar-refractivity contribution in [2.75, 3.05) is 0 Å². The second-order valence-corrected chi connectivity index (χ2v) is 1.65. The molecule has 0 atom stereocenters. The highest BCUT2D eigenvalue weighted by molar-refractivity contribution is 5.85. The van der Waals surface area contributed by atoms with E-state index in [-0.39, 0.29) is 12.4 Å². The van der Waals surface area contributed by atoms with Crippen LogP contribution in [-0.4, -0.2) is 10.8 Å². The van der Waals surface area contributed by atoms with E-state index in [9.17, 15) is 0 Å². The molecule has 0 unspecified atom stereocenters. The van der Waals surface area contributed by atoms with Gasteiger partial charge < -0.3 is 10.8 Å². The molecule has 0 amide bonds. The Kier molecular flexibility index (Phi) is 3.80. The molecule has 0 aromatic rings. The Morgan fingerprint density at radius 1 is 1.50 bits per heavy atom. The van der Waals surface area contributed by atoms with Crippen molar-refractivity contribution < 1.29 is 5.11 Å². The molecule has 0 rings (SSSR count). The zero-order valence-electron chi connectivity index (χ0n) is 3.93. The van der Waals surface area contributed by atoms with Gasteiger partial charge in [-0.05, 0) is 13.8 Å². The highest BCUT2D eigenvalue weighted by atomic mass is 35.5. The summed E-state index contributed by atoms with van der Waals surface area (Å²) in [6.45, 7) is 3.04. The third kappa shape index (κ3) is 984. The fourth-order valence-electron chi connectivity index (χ4n) is 0. The molecule has 0 heterocycles. The van der Waals surface area contributed by atoms with Crippen LogP contribution in [0.2, 0.25) is 0 Å². The van der Waals surface area contributed by atoms with E-state index in [4.69, 9.17) is 10.8 Å². The Hall–Kier alpha value is 0.210. The van der Waals surface area contributed by atoms with Gasteiger partial charge in [-0.15, -0.1) is 12.4 Å². The van der Waals surface area contributed by atoms with E-state index in [0.717, 1.165) is 0 Å². The van der Waals surface area contributed by atoms with Gasteiger partial charge in [0.25, 0.3) is 0 Å². The molecule has 0 spiro atoms. The van der Waals surface area contributed by atoms with Gasteiger partial charge in [-0.25, -0.2) is 0 Å². The maximum atomic E-state index is 8.30. The molecule has 0 aromatic carbocycles. The van der Waals surface area contributed by atoms with E-state index >= 15 is 0 Å². The minimum absolute atomic E-state index is 0. The summed E-state index contributed by atoms with van der Waals surface area (Å²) in [6, 6.07) is 0. The third-order valence-electron chi connectivity index (χ3n) is 0. The SMILES string of the molecule is CC(C)(N)O.Cl. The molecule has 40 valence electrons. The van der Waals surface area contributed by atoms with Gasteiger partial charge in [0, 0.05) is 0 Å².